The van der Waals surface area contributed by atoms with E-state index in [1.54, 1.807) is 0 Å². The normalized spacial score (nSPS) is 10.6. The van der Waals surface area contributed by atoms with Gasteiger partial charge in [-0.3, -0.25) is 0 Å². The van der Waals surface area contributed by atoms with E-state index in [1.165, 1.54) is 37.6 Å². The van der Waals surface area contributed by atoms with Crippen molar-refractivity contribution in [1.29, 1.82) is 0 Å². The number of nitrogens with two attached hydrogens (primary N) is 1. The minimum Gasteiger partial charge on any atom is -0.550 e. The molecule has 4 heteroatoms. The maximum atomic E-state index is 9.26. The van der Waals surface area contributed by atoms with Crippen LogP contribution in [0.5, 0.6) is 0 Å². The van der Waals surface area contributed by atoms with Crippen LogP contribution in [-0.4, -0.2) is 43.2 Å². The summed E-state index contributed by atoms with van der Waals surface area (Å²) in [7, 11) is 0. The second-order valence-corrected chi connectivity index (χ2v) is 3.88. The van der Waals surface area contributed by atoms with Crippen LogP contribution in [0.1, 0.15) is 40.5 Å². The fraction of sp³-hybridized carbons (Fsp3) is 0.917. The van der Waals surface area contributed by atoms with Gasteiger partial charge >= 0.3 is 0 Å². The van der Waals surface area contributed by atoms with Crippen molar-refractivity contribution in [2.75, 3.05) is 32.7 Å². The molecule has 4 nitrogen and oxygen atoms in total. The molecule has 2 N–H and O–H groups in total. The zero-order chi connectivity index (χ0) is 13.0. The largest absolute Gasteiger partial charge is 0.550 e. The predicted octanol–water partition coefficient (Wildman–Crippen LogP) is 0.358. The maximum Gasteiger partial charge on any atom is 0.0798 e. The molecular formula is C12H28N2O2. The molecular weight excluding hydrogens is 204 g/mol. The molecule has 0 rings (SSSR count). The Morgan fingerprint density at radius 1 is 1.12 bits per heavy atom. The highest BCUT2D eigenvalue weighted by molar-refractivity contribution is 5.63. The molecule has 0 atom stereocenters. The summed E-state index contributed by atoms with van der Waals surface area (Å²) in [5.74, 6) is -0.995. The first kappa shape index (κ1) is 17.8. The second kappa shape index (κ2) is 10.9. The number of carboxylic acid groups (broad SMARTS) is 1. The summed E-state index contributed by atoms with van der Waals surface area (Å²) < 4.78 is 1.23. The van der Waals surface area contributed by atoms with Crippen LogP contribution in [0.3, 0.4) is 0 Å². The van der Waals surface area contributed by atoms with E-state index in [9.17, 15) is 9.90 Å². The fourth-order valence-corrected chi connectivity index (χ4v) is 1.57. The molecule has 0 bridgehead atoms. The summed E-state index contributed by atoms with van der Waals surface area (Å²) >= 11 is 0. The second-order valence-electron chi connectivity index (χ2n) is 3.88. The van der Waals surface area contributed by atoms with Crippen molar-refractivity contribution in [2.45, 2.75) is 40.5 Å². The molecule has 0 heterocycles. The highest BCUT2D eigenvalue weighted by Crippen LogP contribution is 2.05. The smallest absolute Gasteiger partial charge is 0.0798 e. The lowest BCUT2D eigenvalue weighted by atomic mass is 10.3. The molecule has 0 aromatic rings. The minimum absolute atomic E-state index is 0.111. The van der Waals surface area contributed by atoms with Crippen LogP contribution in [-0.2, 0) is 4.79 Å². The summed E-state index contributed by atoms with van der Waals surface area (Å²) in [5, 5.41) is 9.26. The van der Waals surface area contributed by atoms with E-state index in [0.29, 0.717) is 0 Å². The number of carboxylic acids is 1. The Kier molecular flexibility index (Phi) is 12.1. The third kappa shape index (κ3) is 8.68. The quantitative estimate of drug-likeness (QED) is 0.644. The van der Waals surface area contributed by atoms with Gasteiger partial charge in [-0.25, -0.2) is 0 Å². The fourth-order valence-electron chi connectivity index (χ4n) is 1.57. The molecule has 0 aliphatic rings. The van der Waals surface area contributed by atoms with Gasteiger partial charge in [0.25, 0.3) is 0 Å². The standard InChI is InChI=1S/C9H23N2.C3H6O2/c1-4-11(5-2,6-3)9-7-8-10;1-2-3(4)5/h4-10H2,1-3H3;2H2,1H3,(H,4,5)/q+1;/p-1. The molecule has 0 saturated carbocycles. The first-order chi connectivity index (χ1) is 7.51. The Morgan fingerprint density at radius 2 is 1.50 bits per heavy atom. The SMILES string of the molecule is CCC(=O)[O-].CC[N+](CC)(CC)CCCN. The lowest BCUT2D eigenvalue weighted by molar-refractivity contribution is -0.923. The number of carbonyl (C=O) groups is 1. The van der Waals surface area contributed by atoms with Crippen molar-refractivity contribution in [3.63, 3.8) is 0 Å². The van der Waals surface area contributed by atoms with Crippen LogP contribution < -0.4 is 10.8 Å². The lowest BCUT2D eigenvalue weighted by Gasteiger charge is -2.35. The maximum absolute atomic E-state index is 9.26. The van der Waals surface area contributed by atoms with E-state index in [0.717, 1.165) is 13.0 Å². The number of hydrogen-bond donors (Lipinski definition) is 1. The summed E-state index contributed by atoms with van der Waals surface area (Å²) in [6, 6.07) is 0. The van der Waals surface area contributed by atoms with Gasteiger partial charge in [-0.2, -0.15) is 0 Å². The minimum atomic E-state index is -0.995. The highest BCUT2D eigenvalue weighted by Gasteiger charge is 2.18. The molecule has 0 aliphatic carbocycles. The van der Waals surface area contributed by atoms with Gasteiger partial charge in [0.2, 0.25) is 0 Å². The number of carbonyl (C=O) groups excluding carboxylic acids is 1. The van der Waals surface area contributed by atoms with Crippen molar-refractivity contribution < 1.29 is 14.4 Å². The Bertz CT molecular complexity index is 160. The molecule has 0 aromatic heterocycles. The molecule has 98 valence electrons. The van der Waals surface area contributed by atoms with Crippen LogP contribution >= 0.6 is 0 Å². The van der Waals surface area contributed by atoms with Crippen molar-refractivity contribution in [3.8, 4) is 0 Å². The monoisotopic (exact) mass is 232 g/mol. The Labute approximate surface area is 100 Å². The van der Waals surface area contributed by atoms with Gasteiger partial charge in [0.15, 0.2) is 0 Å². The van der Waals surface area contributed by atoms with Crippen molar-refractivity contribution in [2.24, 2.45) is 5.73 Å². The Hall–Kier alpha value is -0.610. The third-order valence-electron chi connectivity index (χ3n) is 3.14. The zero-order valence-electron chi connectivity index (χ0n) is 11.3. The molecule has 0 unspecified atom stereocenters. The van der Waals surface area contributed by atoms with Gasteiger partial charge in [-0.1, -0.05) is 6.92 Å². The summed E-state index contributed by atoms with van der Waals surface area (Å²) in [5.41, 5.74) is 5.49. The van der Waals surface area contributed by atoms with Gasteiger partial charge in [0.05, 0.1) is 26.2 Å². The molecule has 0 radical (unpaired) electrons. The summed E-state index contributed by atoms with van der Waals surface area (Å²) in [6.07, 6.45) is 1.27. The number of hydrogen-bond acceptors (Lipinski definition) is 3. The molecule has 0 aromatic carbocycles. The first-order valence-corrected chi connectivity index (χ1v) is 6.26. The molecule has 0 spiro atoms. The van der Waals surface area contributed by atoms with Gasteiger partial charge < -0.3 is 20.1 Å². The van der Waals surface area contributed by atoms with Crippen LogP contribution in [0.15, 0.2) is 0 Å². The third-order valence-corrected chi connectivity index (χ3v) is 3.14. The van der Waals surface area contributed by atoms with Crippen LogP contribution in [0, 0.1) is 0 Å². The summed E-state index contributed by atoms with van der Waals surface area (Å²) in [6.45, 7) is 14.2. The van der Waals surface area contributed by atoms with Crippen LogP contribution in [0.4, 0.5) is 0 Å². The number of aliphatic carboxylic acids is 1. The van der Waals surface area contributed by atoms with Crippen LogP contribution in [0.2, 0.25) is 0 Å². The topological polar surface area (TPSA) is 66.1 Å². The van der Waals surface area contributed by atoms with E-state index >= 15 is 0 Å². The molecule has 0 amide bonds. The average molecular weight is 232 g/mol. The van der Waals surface area contributed by atoms with Gasteiger partial charge in [0, 0.05) is 12.4 Å². The van der Waals surface area contributed by atoms with Gasteiger partial charge in [-0.05, 0) is 33.7 Å². The van der Waals surface area contributed by atoms with Crippen molar-refractivity contribution in [1.82, 2.24) is 0 Å². The average Bonchev–Trinajstić information content (AvgIpc) is 2.32. The zero-order valence-corrected chi connectivity index (χ0v) is 11.3. The molecule has 0 fully saturated rings. The van der Waals surface area contributed by atoms with E-state index < -0.39 is 5.97 Å². The first-order valence-electron chi connectivity index (χ1n) is 6.26. The van der Waals surface area contributed by atoms with E-state index in [2.05, 4.69) is 20.8 Å². The Morgan fingerprint density at radius 3 is 1.69 bits per heavy atom. The Balaban J connectivity index is 0. The molecule has 0 saturated heterocycles. The van der Waals surface area contributed by atoms with E-state index in [4.69, 9.17) is 5.73 Å². The van der Waals surface area contributed by atoms with E-state index in [-0.39, 0.29) is 6.42 Å². The van der Waals surface area contributed by atoms with Crippen molar-refractivity contribution >= 4 is 5.97 Å². The molecule has 0 aliphatic heterocycles. The van der Waals surface area contributed by atoms with Crippen molar-refractivity contribution in [3.05, 3.63) is 0 Å². The van der Waals surface area contributed by atoms with Gasteiger partial charge in [0.1, 0.15) is 0 Å². The number of nitrogens with zero attached hydrogens (tertiary/aromatic N) is 1. The van der Waals surface area contributed by atoms with E-state index in [1.807, 2.05) is 0 Å². The summed E-state index contributed by atoms with van der Waals surface area (Å²) in [4.78, 5) is 9.26. The van der Waals surface area contributed by atoms with Gasteiger partial charge in [-0.15, -0.1) is 0 Å². The lowest BCUT2D eigenvalue weighted by Crippen LogP contribution is -2.48. The number of rotatable bonds is 7. The molecule has 16 heavy (non-hydrogen) atoms. The number of quaternary nitrogens is 1. The van der Waals surface area contributed by atoms with Crippen LogP contribution in [0.25, 0.3) is 0 Å². The predicted molar refractivity (Wildman–Crippen MR) is 65.7 cm³/mol. The highest BCUT2D eigenvalue weighted by atomic mass is 16.4.